The lowest BCUT2D eigenvalue weighted by Gasteiger charge is -2.16. The van der Waals surface area contributed by atoms with E-state index in [1.807, 2.05) is 19.1 Å². The molecule has 1 unspecified atom stereocenters. The first kappa shape index (κ1) is 11.2. The first-order valence-electron chi connectivity index (χ1n) is 5.73. The van der Waals surface area contributed by atoms with Gasteiger partial charge < -0.3 is 9.73 Å². The number of hydrogen-bond donors (Lipinski definition) is 1. The van der Waals surface area contributed by atoms with Crippen molar-refractivity contribution in [2.75, 3.05) is 18.5 Å². The summed E-state index contributed by atoms with van der Waals surface area (Å²) in [5.41, 5.74) is 0. The molecule has 2 heterocycles. The van der Waals surface area contributed by atoms with Crippen molar-refractivity contribution >= 4 is 11.8 Å². The Balaban J connectivity index is 1.93. The molecule has 4 nitrogen and oxygen atoms in total. The zero-order valence-corrected chi connectivity index (χ0v) is 9.82. The highest BCUT2D eigenvalue weighted by Crippen LogP contribution is 2.18. The summed E-state index contributed by atoms with van der Waals surface area (Å²) in [6.07, 6.45) is 2.81. The van der Waals surface area contributed by atoms with Crippen molar-refractivity contribution < 1.29 is 9.21 Å². The van der Waals surface area contributed by atoms with Gasteiger partial charge in [0, 0.05) is 25.6 Å². The second-order valence-electron chi connectivity index (χ2n) is 4.33. The third-order valence-electron chi connectivity index (χ3n) is 3.01. The molecule has 1 N–H and O–H groups in total. The van der Waals surface area contributed by atoms with E-state index in [9.17, 15) is 4.79 Å². The molecule has 1 saturated heterocycles. The van der Waals surface area contributed by atoms with Crippen molar-refractivity contribution in [3.05, 3.63) is 17.9 Å². The molecule has 0 radical (unpaired) electrons. The van der Waals surface area contributed by atoms with Gasteiger partial charge >= 0.3 is 0 Å². The number of nitrogens with one attached hydrogen (secondary N) is 1. The van der Waals surface area contributed by atoms with Crippen LogP contribution < -0.4 is 10.2 Å². The van der Waals surface area contributed by atoms with E-state index in [1.165, 1.54) is 6.42 Å². The Morgan fingerprint density at radius 1 is 1.62 bits per heavy atom. The maximum absolute atomic E-state index is 11.9. The van der Waals surface area contributed by atoms with Crippen LogP contribution in [-0.2, 0) is 4.79 Å². The number of aryl methyl sites for hydroxylation is 1. The summed E-state index contributed by atoms with van der Waals surface area (Å²) in [4.78, 5) is 13.5. The van der Waals surface area contributed by atoms with Crippen LogP contribution in [0.1, 0.15) is 25.0 Å². The van der Waals surface area contributed by atoms with E-state index >= 15 is 0 Å². The largest absolute Gasteiger partial charge is 0.445 e. The van der Waals surface area contributed by atoms with Gasteiger partial charge in [0.05, 0.1) is 0 Å². The van der Waals surface area contributed by atoms with E-state index in [0.717, 1.165) is 18.7 Å². The van der Waals surface area contributed by atoms with Gasteiger partial charge in [-0.05, 0) is 32.4 Å². The van der Waals surface area contributed by atoms with Gasteiger partial charge in [0.1, 0.15) is 5.76 Å². The zero-order chi connectivity index (χ0) is 11.5. The van der Waals surface area contributed by atoms with Crippen molar-refractivity contribution in [3.8, 4) is 0 Å². The minimum atomic E-state index is 0.105. The Hall–Kier alpha value is -1.29. The first-order chi connectivity index (χ1) is 7.66. The number of rotatable bonds is 3. The Morgan fingerprint density at radius 3 is 3.00 bits per heavy atom. The average molecular weight is 222 g/mol. The molecule has 1 atom stereocenters. The van der Waals surface area contributed by atoms with Crippen LogP contribution in [0.5, 0.6) is 0 Å². The third-order valence-corrected chi connectivity index (χ3v) is 3.01. The van der Waals surface area contributed by atoms with Gasteiger partial charge in [-0.15, -0.1) is 0 Å². The predicted molar refractivity (Wildman–Crippen MR) is 62.5 cm³/mol. The van der Waals surface area contributed by atoms with Crippen LogP contribution in [0, 0.1) is 6.92 Å². The topological polar surface area (TPSA) is 45.5 Å². The Labute approximate surface area is 95.6 Å². The molecule has 16 heavy (non-hydrogen) atoms. The SMILES string of the molecule is Cc1ccc(N(C)C(=O)CC2CCCN2)o1. The van der Waals surface area contributed by atoms with Gasteiger partial charge in [-0.3, -0.25) is 9.69 Å². The lowest BCUT2D eigenvalue weighted by Crippen LogP contribution is -2.33. The van der Waals surface area contributed by atoms with Crippen LogP contribution in [-0.4, -0.2) is 25.5 Å². The molecule has 0 aromatic carbocycles. The molecular weight excluding hydrogens is 204 g/mol. The van der Waals surface area contributed by atoms with Crippen molar-refractivity contribution in [2.45, 2.75) is 32.2 Å². The molecule has 0 saturated carbocycles. The van der Waals surface area contributed by atoms with Crippen LogP contribution in [0.3, 0.4) is 0 Å². The fraction of sp³-hybridized carbons (Fsp3) is 0.583. The van der Waals surface area contributed by atoms with E-state index in [0.29, 0.717) is 18.3 Å². The fourth-order valence-electron chi connectivity index (χ4n) is 2.00. The second-order valence-corrected chi connectivity index (χ2v) is 4.33. The van der Waals surface area contributed by atoms with E-state index in [2.05, 4.69) is 5.32 Å². The minimum absolute atomic E-state index is 0.105. The van der Waals surface area contributed by atoms with Crippen molar-refractivity contribution in [1.82, 2.24) is 5.32 Å². The van der Waals surface area contributed by atoms with Gasteiger partial charge in [-0.2, -0.15) is 0 Å². The van der Waals surface area contributed by atoms with Crippen molar-refractivity contribution in [2.24, 2.45) is 0 Å². The Kier molecular flexibility index (Phi) is 3.29. The smallest absolute Gasteiger partial charge is 0.230 e. The van der Waals surface area contributed by atoms with Crippen molar-refractivity contribution in [1.29, 1.82) is 0 Å². The van der Waals surface area contributed by atoms with Crippen LogP contribution in [0.4, 0.5) is 5.88 Å². The van der Waals surface area contributed by atoms with Crippen LogP contribution >= 0.6 is 0 Å². The number of amides is 1. The molecule has 1 aliphatic rings. The number of carbonyl (C=O) groups is 1. The normalized spacial score (nSPS) is 20.0. The quantitative estimate of drug-likeness (QED) is 0.846. The summed E-state index contributed by atoms with van der Waals surface area (Å²) < 4.78 is 5.42. The minimum Gasteiger partial charge on any atom is -0.445 e. The summed E-state index contributed by atoms with van der Waals surface area (Å²) >= 11 is 0. The van der Waals surface area contributed by atoms with E-state index in [4.69, 9.17) is 4.42 Å². The lowest BCUT2D eigenvalue weighted by atomic mass is 10.1. The van der Waals surface area contributed by atoms with Gasteiger partial charge in [-0.25, -0.2) is 0 Å². The summed E-state index contributed by atoms with van der Waals surface area (Å²) in [5.74, 6) is 1.56. The van der Waals surface area contributed by atoms with E-state index in [-0.39, 0.29) is 5.91 Å². The van der Waals surface area contributed by atoms with Crippen molar-refractivity contribution in [3.63, 3.8) is 0 Å². The molecular formula is C12H18N2O2. The van der Waals surface area contributed by atoms with Gasteiger partial charge in [-0.1, -0.05) is 0 Å². The molecule has 1 fully saturated rings. The summed E-state index contributed by atoms with van der Waals surface area (Å²) in [5, 5.41) is 3.32. The fourth-order valence-corrected chi connectivity index (χ4v) is 2.00. The monoisotopic (exact) mass is 222 g/mol. The molecule has 1 amide bonds. The molecule has 1 aromatic heterocycles. The highest BCUT2D eigenvalue weighted by Gasteiger charge is 2.21. The Morgan fingerprint density at radius 2 is 2.44 bits per heavy atom. The molecule has 0 spiro atoms. The number of nitrogens with zero attached hydrogens (tertiary/aromatic N) is 1. The molecule has 2 rings (SSSR count). The van der Waals surface area contributed by atoms with Gasteiger partial charge in [0.15, 0.2) is 0 Å². The average Bonchev–Trinajstić information content (AvgIpc) is 2.88. The Bertz CT molecular complexity index is 367. The first-order valence-corrected chi connectivity index (χ1v) is 5.73. The predicted octanol–water partition coefficient (Wildman–Crippen LogP) is 1.69. The van der Waals surface area contributed by atoms with Gasteiger partial charge in [0.2, 0.25) is 11.8 Å². The molecule has 0 aliphatic carbocycles. The highest BCUT2D eigenvalue weighted by atomic mass is 16.4. The standard InChI is InChI=1S/C12H18N2O2/c1-9-5-6-12(16-9)14(2)11(15)8-10-4-3-7-13-10/h5-6,10,13H,3-4,7-8H2,1-2H3. The maximum atomic E-state index is 11.9. The zero-order valence-electron chi connectivity index (χ0n) is 9.82. The van der Waals surface area contributed by atoms with E-state index < -0.39 is 0 Å². The van der Waals surface area contributed by atoms with Crippen LogP contribution in [0.2, 0.25) is 0 Å². The number of anilines is 1. The highest BCUT2D eigenvalue weighted by molar-refractivity contribution is 5.91. The van der Waals surface area contributed by atoms with Crippen LogP contribution in [0.15, 0.2) is 16.5 Å². The second kappa shape index (κ2) is 4.70. The summed E-state index contributed by atoms with van der Waals surface area (Å²) in [6, 6.07) is 4.04. The number of furan rings is 1. The van der Waals surface area contributed by atoms with Gasteiger partial charge in [0.25, 0.3) is 0 Å². The number of carbonyl (C=O) groups excluding carboxylic acids is 1. The maximum Gasteiger partial charge on any atom is 0.230 e. The summed E-state index contributed by atoms with van der Waals surface area (Å²) in [7, 11) is 1.76. The lowest BCUT2D eigenvalue weighted by molar-refractivity contribution is -0.118. The molecule has 88 valence electrons. The molecule has 1 aromatic rings. The molecule has 1 aliphatic heterocycles. The number of hydrogen-bond acceptors (Lipinski definition) is 3. The van der Waals surface area contributed by atoms with E-state index in [1.54, 1.807) is 11.9 Å². The van der Waals surface area contributed by atoms with Crippen LogP contribution in [0.25, 0.3) is 0 Å². The molecule has 4 heteroatoms. The summed E-state index contributed by atoms with van der Waals surface area (Å²) in [6.45, 7) is 2.90. The molecule has 0 bridgehead atoms. The third kappa shape index (κ3) is 2.44.